The lowest BCUT2D eigenvalue weighted by atomic mass is 10.1. The van der Waals surface area contributed by atoms with Crippen molar-refractivity contribution in [2.24, 2.45) is 5.73 Å². The van der Waals surface area contributed by atoms with Crippen LogP contribution in [0.5, 0.6) is 5.75 Å². The van der Waals surface area contributed by atoms with Gasteiger partial charge in [0.25, 0.3) is 0 Å². The van der Waals surface area contributed by atoms with Crippen molar-refractivity contribution in [2.75, 3.05) is 39.5 Å². The molecule has 0 unspecified atom stereocenters. The molecule has 0 amide bonds. The van der Waals surface area contributed by atoms with Gasteiger partial charge >= 0.3 is 0 Å². The van der Waals surface area contributed by atoms with Gasteiger partial charge in [-0.2, -0.15) is 0 Å². The van der Waals surface area contributed by atoms with Crippen LogP contribution in [0.1, 0.15) is 18.5 Å². The summed E-state index contributed by atoms with van der Waals surface area (Å²) < 4.78 is 11.1. The van der Waals surface area contributed by atoms with Crippen molar-refractivity contribution in [3.05, 3.63) is 28.8 Å². The lowest BCUT2D eigenvalue weighted by molar-refractivity contribution is 0.0322. The summed E-state index contributed by atoms with van der Waals surface area (Å²) in [5.41, 5.74) is 6.89. The van der Waals surface area contributed by atoms with Gasteiger partial charge in [0.1, 0.15) is 12.4 Å². The first kappa shape index (κ1) is 14.6. The smallest absolute Gasteiger partial charge is 0.124 e. The molecular formula is C14H21ClN2O2. The topological polar surface area (TPSA) is 47.7 Å². The van der Waals surface area contributed by atoms with Crippen molar-refractivity contribution in [3.8, 4) is 5.75 Å². The number of ether oxygens (including phenoxy) is 2. The fraction of sp³-hybridized carbons (Fsp3) is 0.571. The Morgan fingerprint density at radius 2 is 2.16 bits per heavy atom. The van der Waals surface area contributed by atoms with Gasteiger partial charge in [-0.3, -0.25) is 4.90 Å². The second-order valence-electron chi connectivity index (χ2n) is 4.77. The predicted molar refractivity (Wildman–Crippen MR) is 76.8 cm³/mol. The van der Waals surface area contributed by atoms with E-state index in [1.54, 1.807) is 0 Å². The highest BCUT2D eigenvalue weighted by molar-refractivity contribution is 6.30. The van der Waals surface area contributed by atoms with Gasteiger partial charge in [0.2, 0.25) is 0 Å². The standard InChI is InChI=1S/C14H21ClN2O2/c1-11(16)13-10-12(15)2-3-14(13)19-9-6-17-4-7-18-8-5-17/h2-3,10-11H,4-9,16H2,1H3/t11-/m0/s1. The van der Waals surface area contributed by atoms with Crippen LogP contribution in [0.15, 0.2) is 18.2 Å². The maximum absolute atomic E-state index is 5.98. The Labute approximate surface area is 119 Å². The molecule has 1 aromatic rings. The van der Waals surface area contributed by atoms with Gasteiger partial charge in [-0.15, -0.1) is 0 Å². The molecule has 0 bridgehead atoms. The van der Waals surface area contributed by atoms with Gasteiger partial charge in [-0.05, 0) is 25.1 Å². The minimum atomic E-state index is -0.0860. The molecule has 2 rings (SSSR count). The van der Waals surface area contributed by atoms with Crippen LogP contribution in [0, 0.1) is 0 Å². The third-order valence-electron chi connectivity index (χ3n) is 3.23. The molecule has 1 atom stereocenters. The van der Waals surface area contributed by atoms with E-state index >= 15 is 0 Å². The Balaban J connectivity index is 1.88. The van der Waals surface area contributed by atoms with E-state index in [-0.39, 0.29) is 6.04 Å². The zero-order valence-corrected chi connectivity index (χ0v) is 12.0. The zero-order chi connectivity index (χ0) is 13.7. The van der Waals surface area contributed by atoms with Gasteiger partial charge in [0, 0.05) is 36.3 Å². The van der Waals surface area contributed by atoms with E-state index in [4.69, 9.17) is 26.8 Å². The number of halogens is 1. The highest BCUT2D eigenvalue weighted by Crippen LogP contribution is 2.27. The van der Waals surface area contributed by atoms with Crippen LogP contribution < -0.4 is 10.5 Å². The molecule has 1 aliphatic rings. The first-order chi connectivity index (χ1) is 9.16. The van der Waals surface area contributed by atoms with Gasteiger partial charge < -0.3 is 15.2 Å². The Hall–Kier alpha value is -0.810. The summed E-state index contributed by atoms with van der Waals surface area (Å²) in [6, 6.07) is 5.51. The molecule has 0 radical (unpaired) electrons. The quantitative estimate of drug-likeness (QED) is 0.899. The third-order valence-corrected chi connectivity index (χ3v) is 3.47. The van der Waals surface area contributed by atoms with Crippen molar-refractivity contribution in [1.82, 2.24) is 4.90 Å². The molecular weight excluding hydrogens is 264 g/mol. The summed E-state index contributed by atoms with van der Waals surface area (Å²) in [6.07, 6.45) is 0. The van der Waals surface area contributed by atoms with Crippen LogP contribution >= 0.6 is 11.6 Å². The monoisotopic (exact) mass is 284 g/mol. The van der Waals surface area contributed by atoms with E-state index < -0.39 is 0 Å². The largest absolute Gasteiger partial charge is 0.492 e. The van der Waals surface area contributed by atoms with Crippen molar-refractivity contribution in [3.63, 3.8) is 0 Å². The first-order valence-electron chi connectivity index (χ1n) is 6.65. The lowest BCUT2D eigenvalue weighted by Gasteiger charge is -2.26. The normalized spacial score (nSPS) is 18.3. The molecule has 0 saturated carbocycles. The summed E-state index contributed by atoms with van der Waals surface area (Å²) in [7, 11) is 0. The molecule has 1 aromatic carbocycles. The second kappa shape index (κ2) is 7.10. The molecule has 2 N–H and O–H groups in total. The summed E-state index contributed by atoms with van der Waals surface area (Å²) in [5, 5.41) is 0.688. The summed E-state index contributed by atoms with van der Waals surface area (Å²) in [5.74, 6) is 0.827. The molecule has 1 fully saturated rings. The molecule has 4 nitrogen and oxygen atoms in total. The molecule has 0 aromatic heterocycles. The minimum Gasteiger partial charge on any atom is -0.492 e. The highest BCUT2D eigenvalue weighted by atomic mass is 35.5. The number of hydrogen-bond acceptors (Lipinski definition) is 4. The Kier molecular flexibility index (Phi) is 5.45. The molecule has 1 aliphatic heterocycles. The molecule has 0 spiro atoms. The fourth-order valence-corrected chi connectivity index (χ4v) is 2.30. The Morgan fingerprint density at radius 1 is 1.42 bits per heavy atom. The molecule has 5 heteroatoms. The molecule has 106 valence electrons. The average Bonchev–Trinajstić information content (AvgIpc) is 2.41. The Morgan fingerprint density at radius 3 is 2.84 bits per heavy atom. The second-order valence-corrected chi connectivity index (χ2v) is 5.21. The SMILES string of the molecule is C[C@H](N)c1cc(Cl)ccc1OCCN1CCOCC1. The van der Waals surface area contributed by atoms with Crippen molar-refractivity contribution in [2.45, 2.75) is 13.0 Å². The van der Waals surface area contributed by atoms with E-state index in [0.29, 0.717) is 11.6 Å². The summed E-state index contributed by atoms with van der Waals surface area (Å²) in [4.78, 5) is 2.34. The van der Waals surface area contributed by atoms with Crippen LogP contribution in [0.25, 0.3) is 0 Å². The molecule has 0 aliphatic carbocycles. The summed E-state index contributed by atoms with van der Waals surface area (Å²) in [6.45, 7) is 7.07. The first-order valence-corrected chi connectivity index (χ1v) is 7.02. The predicted octanol–water partition coefficient (Wildman–Crippen LogP) is 2.07. The Bertz CT molecular complexity index is 406. The van der Waals surface area contributed by atoms with Gasteiger partial charge in [-0.25, -0.2) is 0 Å². The van der Waals surface area contributed by atoms with Crippen molar-refractivity contribution >= 4 is 11.6 Å². The van der Waals surface area contributed by atoms with E-state index in [1.807, 2.05) is 25.1 Å². The fourth-order valence-electron chi connectivity index (χ4n) is 2.12. The van der Waals surface area contributed by atoms with Crippen molar-refractivity contribution < 1.29 is 9.47 Å². The minimum absolute atomic E-state index is 0.0860. The van der Waals surface area contributed by atoms with E-state index in [1.165, 1.54) is 0 Å². The lowest BCUT2D eigenvalue weighted by Crippen LogP contribution is -2.38. The maximum Gasteiger partial charge on any atom is 0.124 e. The zero-order valence-electron chi connectivity index (χ0n) is 11.3. The highest BCUT2D eigenvalue weighted by Gasteiger charge is 2.12. The number of hydrogen-bond donors (Lipinski definition) is 1. The van der Waals surface area contributed by atoms with Gasteiger partial charge in [-0.1, -0.05) is 11.6 Å². The maximum atomic E-state index is 5.98. The van der Waals surface area contributed by atoms with Crippen LogP contribution in [0.3, 0.4) is 0 Å². The van der Waals surface area contributed by atoms with Crippen LogP contribution in [-0.4, -0.2) is 44.4 Å². The number of nitrogens with two attached hydrogens (primary N) is 1. The van der Waals surface area contributed by atoms with E-state index in [2.05, 4.69) is 4.90 Å². The average molecular weight is 285 g/mol. The molecule has 1 saturated heterocycles. The van der Waals surface area contributed by atoms with Crippen molar-refractivity contribution in [1.29, 1.82) is 0 Å². The molecule has 1 heterocycles. The number of morpholine rings is 1. The third kappa shape index (κ3) is 4.35. The van der Waals surface area contributed by atoms with Gasteiger partial charge in [0.15, 0.2) is 0 Å². The van der Waals surface area contributed by atoms with Crippen LogP contribution in [0.2, 0.25) is 5.02 Å². The number of benzene rings is 1. The number of nitrogens with zero attached hydrogens (tertiary/aromatic N) is 1. The van der Waals surface area contributed by atoms with Crippen LogP contribution in [-0.2, 0) is 4.74 Å². The van der Waals surface area contributed by atoms with Gasteiger partial charge in [0.05, 0.1) is 13.2 Å². The molecule has 19 heavy (non-hydrogen) atoms. The van der Waals surface area contributed by atoms with E-state index in [0.717, 1.165) is 44.2 Å². The van der Waals surface area contributed by atoms with E-state index in [9.17, 15) is 0 Å². The number of rotatable bonds is 5. The summed E-state index contributed by atoms with van der Waals surface area (Å²) >= 11 is 5.98. The van der Waals surface area contributed by atoms with Crippen LogP contribution in [0.4, 0.5) is 0 Å².